The molecule has 1 aromatic heterocycles. The molecule has 0 aliphatic carbocycles. The van der Waals surface area contributed by atoms with Crippen LogP contribution in [0.4, 0.5) is 0 Å². The van der Waals surface area contributed by atoms with Crippen LogP contribution in [0.15, 0.2) is 5.51 Å². The van der Waals surface area contributed by atoms with E-state index >= 15 is 0 Å². The first-order valence-corrected chi connectivity index (χ1v) is 5.85. The third kappa shape index (κ3) is 1.77. The molecule has 4 nitrogen and oxygen atoms in total. The predicted octanol–water partition coefficient (Wildman–Crippen LogP) is 1.05. The van der Waals surface area contributed by atoms with Crippen molar-refractivity contribution in [2.45, 2.75) is 25.9 Å². The fraction of sp³-hybridized carbons (Fsp3) is 0.600. The van der Waals surface area contributed by atoms with Gasteiger partial charge in [-0.25, -0.2) is 4.98 Å². The lowest BCUT2D eigenvalue weighted by atomic mass is 9.91. The van der Waals surface area contributed by atoms with Crippen LogP contribution in [0.1, 0.15) is 28.7 Å². The zero-order chi connectivity index (χ0) is 11.1. The van der Waals surface area contributed by atoms with Gasteiger partial charge in [0.25, 0.3) is 5.91 Å². The minimum Gasteiger partial charge on any atom is -0.386 e. The highest BCUT2D eigenvalue weighted by Crippen LogP contribution is 2.27. The van der Waals surface area contributed by atoms with Crippen molar-refractivity contribution in [1.29, 1.82) is 0 Å². The number of aryl methyl sites for hydroxylation is 1. The van der Waals surface area contributed by atoms with Crippen molar-refractivity contribution in [1.82, 2.24) is 9.88 Å². The average Bonchev–Trinajstić information content (AvgIpc) is 2.58. The van der Waals surface area contributed by atoms with Crippen molar-refractivity contribution < 1.29 is 9.90 Å². The maximum absolute atomic E-state index is 11.9. The van der Waals surface area contributed by atoms with E-state index in [9.17, 15) is 9.90 Å². The zero-order valence-corrected chi connectivity index (χ0v) is 9.67. The van der Waals surface area contributed by atoms with E-state index in [4.69, 9.17) is 0 Å². The Kier molecular flexibility index (Phi) is 2.52. The Balaban J connectivity index is 2.04. The van der Waals surface area contributed by atoms with E-state index in [0.29, 0.717) is 24.4 Å². The highest BCUT2D eigenvalue weighted by molar-refractivity contribution is 7.11. The number of rotatable bonds is 2. The number of amides is 1. The number of hydrogen-bond acceptors (Lipinski definition) is 4. The molecule has 1 N–H and O–H groups in total. The van der Waals surface area contributed by atoms with Crippen molar-refractivity contribution in [3.8, 4) is 0 Å². The molecular weight excluding hydrogens is 212 g/mol. The summed E-state index contributed by atoms with van der Waals surface area (Å²) in [5, 5.41) is 9.80. The number of carbonyl (C=O) groups is 1. The quantitative estimate of drug-likeness (QED) is 0.820. The van der Waals surface area contributed by atoms with Crippen molar-refractivity contribution in [3.05, 3.63) is 16.1 Å². The van der Waals surface area contributed by atoms with Gasteiger partial charge in [-0.05, 0) is 13.3 Å². The van der Waals surface area contributed by atoms with Crippen LogP contribution < -0.4 is 0 Å². The summed E-state index contributed by atoms with van der Waals surface area (Å²) in [6, 6.07) is 0. The number of β-amino-alcohol motifs (C(OH)–C–C–N with tert-alkyl or cyclic N) is 1. The monoisotopic (exact) mass is 226 g/mol. The summed E-state index contributed by atoms with van der Waals surface area (Å²) in [6.07, 6.45) is 0.693. The van der Waals surface area contributed by atoms with Crippen molar-refractivity contribution in [2.24, 2.45) is 0 Å². The van der Waals surface area contributed by atoms with Gasteiger partial charge in [-0.1, -0.05) is 6.92 Å². The number of thiazole rings is 1. The Bertz CT molecular complexity index is 383. The minimum absolute atomic E-state index is 0.00637. The largest absolute Gasteiger partial charge is 0.386 e. The van der Waals surface area contributed by atoms with E-state index in [0.717, 1.165) is 5.69 Å². The molecule has 15 heavy (non-hydrogen) atoms. The molecule has 2 heterocycles. The maximum Gasteiger partial charge on any atom is 0.266 e. The maximum atomic E-state index is 11.9. The first-order valence-electron chi connectivity index (χ1n) is 4.97. The van der Waals surface area contributed by atoms with E-state index in [1.165, 1.54) is 11.3 Å². The van der Waals surface area contributed by atoms with Gasteiger partial charge in [-0.3, -0.25) is 4.79 Å². The standard InChI is InChI=1S/C10H14N2O2S/c1-3-10(14)4-12(5-10)9(13)8-7(2)11-6-15-8/h6,14H,3-5H2,1-2H3. The van der Waals surface area contributed by atoms with E-state index < -0.39 is 5.60 Å². The molecule has 1 saturated heterocycles. The fourth-order valence-electron chi connectivity index (χ4n) is 1.68. The second kappa shape index (κ2) is 3.57. The molecule has 2 rings (SSSR count). The normalized spacial score (nSPS) is 18.7. The molecule has 82 valence electrons. The average molecular weight is 226 g/mol. The summed E-state index contributed by atoms with van der Waals surface area (Å²) < 4.78 is 0. The van der Waals surface area contributed by atoms with Gasteiger partial charge in [0, 0.05) is 0 Å². The lowest BCUT2D eigenvalue weighted by molar-refractivity contribution is -0.0825. The van der Waals surface area contributed by atoms with Gasteiger partial charge < -0.3 is 10.0 Å². The van der Waals surface area contributed by atoms with E-state index in [1.54, 1.807) is 10.4 Å². The molecule has 1 fully saturated rings. The van der Waals surface area contributed by atoms with Crippen LogP contribution in [0.3, 0.4) is 0 Å². The SMILES string of the molecule is CCC1(O)CN(C(=O)c2scnc2C)C1. The molecule has 1 aliphatic rings. The number of aromatic nitrogens is 1. The van der Waals surface area contributed by atoms with Crippen LogP contribution in [0, 0.1) is 6.92 Å². The number of nitrogens with zero attached hydrogens (tertiary/aromatic N) is 2. The second-order valence-electron chi connectivity index (χ2n) is 4.01. The van der Waals surface area contributed by atoms with E-state index in [-0.39, 0.29) is 5.91 Å². The van der Waals surface area contributed by atoms with Crippen LogP contribution in [0.2, 0.25) is 0 Å². The number of likely N-dealkylation sites (tertiary alicyclic amines) is 1. The first-order chi connectivity index (χ1) is 7.06. The fourth-order valence-corrected chi connectivity index (χ4v) is 2.45. The summed E-state index contributed by atoms with van der Waals surface area (Å²) in [7, 11) is 0. The highest BCUT2D eigenvalue weighted by atomic mass is 32.1. The van der Waals surface area contributed by atoms with Crippen LogP contribution in [-0.2, 0) is 0 Å². The van der Waals surface area contributed by atoms with E-state index in [1.807, 2.05) is 13.8 Å². The third-order valence-corrected chi connectivity index (χ3v) is 3.77. The number of carbonyl (C=O) groups excluding carboxylic acids is 1. The third-order valence-electron chi connectivity index (χ3n) is 2.86. The predicted molar refractivity (Wildman–Crippen MR) is 58.0 cm³/mol. The molecule has 1 aromatic rings. The van der Waals surface area contributed by atoms with Gasteiger partial charge in [-0.15, -0.1) is 11.3 Å². The van der Waals surface area contributed by atoms with Gasteiger partial charge in [0.05, 0.1) is 29.9 Å². The van der Waals surface area contributed by atoms with Crippen LogP contribution in [0.25, 0.3) is 0 Å². The Labute approximate surface area is 92.6 Å². The Hall–Kier alpha value is -0.940. The molecule has 0 bridgehead atoms. The van der Waals surface area contributed by atoms with Crippen LogP contribution in [0.5, 0.6) is 0 Å². The van der Waals surface area contributed by atoms with Crippen molar-refractivity contribution in [2.75, 3.05) is 13.1 Å². The number of aliphatic hydroxyl groups is 1. The summed E-state index contributed by atoms with van der Waals surface area (Å²) in [6.45, 7) is 4.65. The van der Waals surface area contributed by atoms with Crippen molar-refractivity contribution >= 4 is 17.2 Å². The lowest BCUT2D eigenvalue weighted by Crippen LogP contribution is -2.63. The molecule has 0 atom stereocenters. The van der Waals surface area contributed by atoms with Gasteiger partial charge in [0.15, 0.2) is 0 Å². The Morgan fingerprint density at radius 3 is 2.87 bits per heavy atom. The zero-order valence-electron chi connectivity index (χ0n) is 8.86. The van der Waals surface area contributed by atoms with Gasteiger partial charge in [0.1, 0.15) is 4.88 Å². The highest BCUT2D eigenvalue weighted by Gasteiger charge is 2.42. The topological polar surface area (TPSA) is 53.4 Å². The smallest absolute Gasteiger partial charge is 0.266 e. The molecule has 1 amide bonds. The second-order valence-corrected chi connectivity index (χ2v) is 4.86. The van der Waals surface area contributed by atoms with Crippen molar-refractivity contribution in [3.63, 3.8) is 0 Å². The molecular formula is C10H14N2O2S. The minimum atomic E-state index is -0.658. The summed E-state index contributed by atoms with van der Waals surface area (Å²) in [5.74, 6) is -0.00637. The molecule has 1 aliphatic heterocycles. The van der Waals surface area contributed by atoms with Crippen LogP contribution in [-0.4, -0.2) is 39.6 Å². The van der Waals surface area contributed by atoms with Gasteiger partial charge in [0.2, 0.25) is 0 Å². The molecule has 0 spiro atoms. The molecule has 0 aromatic carbocycles. The van der Waals surface area contributed by atoms with Crippen LogP contribution >= 0.6 is 11.3 Å². The first kappa shape index (κ1) is 10.6. The summed E-state index contributed by atoms with van der Waals surface area (Å²) >= 11 is 1.36. The Morgan fingerprint density at radius 1 is 1.73 bits per heavy atom. The molecule has 0 saturated carbocycles. The van der Waals surface area contributed by atoms with Gasteiger partial charge in [-0.2, -0.15) is 0 Å². The molecule has 0 radical (unpaired) electrons. The molecule has 5 heteroatoms. The molecule has 0 unspecified atom stereocenters. The lowest BCUT2D eigenvalue weighted by Gasteiger charge is -2.45. The number of hydrogen-bond donors (Lipinski definition) is 1. The van der Waals surface area contributed by atoms with E-state index in [2.05, 4.69) is 4.98 Å². The summed E-state index contributed by atoms with van der Waals surface area (Å²) in [5.41, 5.74) is 1.79. The van der Waals surface area contributed by atoms with Gasteiger partial charge >= 0.3 is 0 Å². The Morgan fingerprint density at radius 2 is 2.40 bits per heavy atom. The summed E-state index contributed by atoms with van der Waals surface area (Å²) in [4.78, 5) is 18.3.